The molecular weight excluding hydrogens is 502 g/mol. The topological polar surface area (TPSA) is 129 Å². The Balaban J connectivity index is 1.96. The molecule has 37 heavy (non-hydrogen) atoms. The molecule has 2 N–H and O–H groups in total. The number of rotatable bonds is 11. The summed E-state index contributed by atoms with van der Waals surface area (Å²) >= 11 is 5.90. The molecule has 0 heterocycles. The first kappa shape index (κ1) is 27.3. The summed E-state index contributed by atoms with van der Waals surface area (Å²) in [7, 11) is 3.03. The van der Waals surface area contributed by atoms with Crippen LogP contribution in [0.25, 0.3) is 0 Å². The van der Waals surface area contributed by atoms with Crippen molar-refractivity contribution in [2.45, 2.75) is 13.0 Å². The number of carbonyl (C=O) groups excluding carboxylic acids is 2. The van der Waals surface area contributed by atoms with Crippen molar-refractivity contribution in [2.75, 3.05) is 27.4 Å². The number of halogens is 1. The van der Waals surface area contributed by atoms with Gasteiger partial charge in [-0.05, 0) is 48.9 Å². The standard InChI is InChI=1S/C26H26ClN3O7/c1-4-28-24(31)15-37-18-8-5-16(6-9-18)25(20-11-10-19(35-2)14-23(20)36-3)29-26(32)17-7-12-21(27)22(13-17)30(33)34/h5-14,25H,4,15H2,1-3H3,(H,28,31)(H,29,32). The highest BCUT2D eigenvalue weighted by atomic mass is 35.5. The molecule has 0 spiro atoms. The molecule has 0 saturated heterocycles. The lowest BCUT2D eigenvalue weighted by molar-refractivity contribution is -0.384. The van der Waals surface area contributed by atoms with Crippen molar-refractivity contribution in [3.63, 3.8) is 0 Å². The lowest BCUT2D eigenvalue weighted by Gasteiger charge is -2.23. The molecule has 3 aromatic rings. The van der Waals surface area contributed by atoms with Gasteiger partial charge >= 0.3 is 0 Å². The van der Waals surface area contributed by atoms with Crippen LogP contribution in [0, 0.1) is 10.1 Å². The Bertz CT molecular complexity index is 1280. The maximum Gasteiger partial charge on any atom is 0.288 e. The Morgan fingerprint density at radius 3 is 2.32 bits per heavy atom. The van der Waals surface area contributed by atoms with E-state index in [0.29, 0.717) is 34.9 Å². The molecule has 0 bridgehead atoms. The van der Waals surface area contributed by atoms with Gasteiger partial charge in [-0.2, -0.15) is 0 Å². The van der Waals surface area contributed by atoms with Gasteiger partial charge in [0.15, 0.2) is 6.61 Å². The van der Waals surface area contributed by atoms with Crippen LogP contribution in [0.4, 0.5) is 5.69 Å². The molecule has 3 aromatic carbocycles. The number of nitrogens with one attached hydrogen (secondary N) is 2. The van der Waals surface area contributed by atoms with E-state index in [2.05, 4.69) is 10.6 Å². The third kappa shape index (κ3) is 6.89. The summed E-state index contributed by atoms with van der Waals surface area (Å²) in [5.41, 5.74) is 0.985. The highest BCUT2D eigenvalue weighted by Gasteiger charge is 2.24. The third-order valence-electron chi connectivity index (χ3n) is 5.39. The fourth-order valence-corrected chi connectivity index (χ4v) is 3.75. The number of hydrogen-bond acceptors (Lipinski definition) is 7. The summed E-state index contributed by atoms with van der Waals surface area (Å²) in [6.07, 6.45) is 0. The molecular formula is C26H26ClN3O7. The summed E-state index contributed by atoms with van der Waals surface area (Å²) in [6.45, 7) is 2.19. The van der Waals surface area contributed by atoms with Gasteiger partial charge in [0.25, 0.3) is 17.5 Å². The third-order valence-corrected chi connectivity index (χ3v) is 5.71. The summed E-state index contributed by atoms with van der Waals surface area (Å²) in [6, 6.07) is 15.1. The molecule has 0 aliphatic rings. The van der Waals surface area contributed by atoms with Crippen molar-refractivity contribution in [3.8, 4) is 17.2 Å². The minimum absolute atomic E-state index is 0.0652. The molecule has 1 atom stereocenters. The second-order valence-corrected chi connectivity index (χ2v) is 8.16. The summed E-state index contributed by atoms with van der Waals surface area (Å²) in [5.74, 6) is 0.697. The van der Waals surface area contributed by atoms with Gasteiger partial charge in [0, 0.05) is 29.8 Å². The number of benzene rings is 3. The minimum Gasteiger partial charge on any atom is -0.497 e. The van der Waals surface area contributed by atoms with E-state index in [9.17, 15) is 19.7 Å². The molecule has 194 valence electrons. The van der Waals surface area contributed by atoms with Crippen LogP contribution in [-0.2, 0) is 4.79 Å². The van der Waals surface area contributed by atoms with Crippen LogP contribution in [-0.4, -0.2) is 44.1 Å². The normalized spacial score (nSPS) is 11.2. The number of amides is 2. The molecule has 0 aliphatic carbocycles. The molecule has 0 saturated carbocycles. The molecule has 10 nitrogen and oxygen atoms in total. The van der Waals surface area contributed by atoms with E-state index in [1.54, 1.807) is 42.5 Å². The first-order valence-corrected chi connectivity index (χ1v) is 11.6. The molecule has 3 rings (SSSR count). The predicted octanol–water partition coefficient (Wildman–Crippen LogP) is 4.30. The molecule has 11 heteroatoms. The predicted molar refractivity (Wildman–Crippen MR) is 138 cm³/mol. The van der Waals surface area contributed by atoms with Gasteiger partial charge in [-0.3, -0.25) is 19.7 Å². The average Bonchev–Trinajstić information content (AvgIpc) is 2.90. The molecule has 1 unspecified atom stereocenters. The maximum absolute atomic E-state index is 13.2. The molecule has 0 radical (unpaired) electrons. The Morgan fingerprint density at radius 2 is 1.70 bits per heavy atom. The van der Waals surface area contributed by atoms with Crippen molar-refractivity contribution in [1.82, 2.24) is 10.6 Å². The second kappa shape index (κ2) is 12.6. The first-order chi connectivity index (χ1) is 17.8. The Hall–Kier alpha value is -4.31. The molecule has 0 aliphatic heterocycles. The highest BCUT2D eigenvalue weighted by molar-refractivity contribution is 6.32. The summed E-state index contributed by atoms with van der Waals surface area (Å²) in [5, 5.41) is 16.8. The van der Waals surface area contributed by atoms with Crippen LogP contribution >= 0.6 is 11.6 Å². The van der Waals surface area contributed by atoms with Crippen molar-refractivity contribution < 1.29 is 28.7 Å². The minimum atomic E-state index is -0.708. The number of carbonyl (C=O) groups is 2. The van der Waals surface area contributed by atoms with E-state index >= 15 is 0 Å². The van der Waals surface area contributed by atoms with Crippen molar-refractivity contribution in [1.29, 1.82) is 0 Å². The van der Waals surface area contributed by atoms with Crippen LogP contribution < -0.4 is 24.8 Å². The zero-order valence-corrected chi connectivity index (χ0v) is 21.2. The maximum atomic E-state index is 13.2. The smallest absolute Gasteiger partial charge is 0.288 e. The van der Waals surface area contributed by atoms with E-state index in [0.717, 1.165) is 6.07 Å². The zero-order chi connectivity index (χ0) is 26.9. The number of hydrogen-bond donors (Lipinski definition) is 2. The van der Waals surface area contributed by atoms with E-state index in [1.807, 2.05) is 6.92 Å². The van der Waals surface area contributed by atoms with Crippen LogP contribution in [0.1, 0.15) is 34.5 Å². The monoisotopic (exact) mass is 527 g/mol. The SMILES string of the molecule is CCNC(=O)COc1ccc(C(NC(=O)c2ccc(Cl)c([N+](=O)[O-])c2)c2ccc(OC)cc2OC)cc1. The van der Waals surface area contributed by atoms with E-state index in [-0.39, 0.29) is 28.8 Å². The van der Waals surface area contributed by atoms with Gasteiger partial charge in [0.2, 0.25) is 0 Å². The van der Waals surface area contributed by atoms with Crippen molar-refractivity contribution in [2.24, 2.45) is 0 Å². The quantitative estimate of drug-likeness (QED) is 0.281. The van der Waals surface area contributed by atoms with Crippen LogP contribution in [0.3, 0.4) is 0 Å². The number of nitro benzene ring substituents is 1. The Kier molecular flexibility index (Phi) is 9.28. The fourth-order valence-electron chi connectivity index (χ4n) is 3.56. The van der Waals surface area contributed by atoms with Crippen molar-refractivity contribution in [3.05, 3.63) is 92.5 Å². The van der Waals surface area contributed by atoms with Crippen LogP contribution in [0.15, 0.2) is 60.7 Å². The molecule has 0 fully saturated rings. The number of likely N-dealkylation sites (N-methyl/N-ethyl adjacent to an activating group) is 1. The van der Waals surface area contributed by atoms with E-state index in [4.69, 9.17) is 25.8 Å². The first-order valence-electron chi connectivity index (χ1n) is 11.2. The Labute approximate surface area is 218 Å². The van der Waals surface area contributed by atoms with Gasteiger partial charge in [0.1, 0.15) is 22.3 Å². The van der Waals surface area contributed by atoms with Gasteiger partial charge in [-0.25, -0.2) is 0 Å². The van der Waals surface area contributed by atoms with Crippen molar-refractivity contribution >= 4 is 29.1 Å². The number of nitrogens with zero attached hydrogens (tertiary/aromatic N) is 1. The largest absolute Gasteiger partial charge is 0.497 e. The summed E-state index contributed by atoms with van der Waals surface area (Å²) < 4.78 is 16.3. The van der Waals surface area contributed by atoms with Gasteiger partial charge in [-0.1, -0.05) is 23.7 Å². The number of methoxy groups -OCH3 is 2. The lowest BCUT2D eigenvalue weighted by atomic mass is 9.96. The lowest BCUT2D eigenvalue weighted by Crippen LogP contribution is -2.30. The fraction of sp³-hybridized carbons (Fsp3) is 0.231. The van der Waals surface area contributed by atoms with E-state index < -0.39 is 16.9 Å². The average molecular weight is 528 g/mol. The van der Waals surface area contributed by atoms with E-state index in [1.165, 1.54) is 26.4 Å². The number of nitro groups is 1. The number of ether oxygens (including phenoxy) is 3. The van der Waals surface area contributed by atoms with Gasteiger partial charge < -0.3 is 24.8 Å². The zero-order valence-electron chi connectivity index (χ0n) is 20.4. The highest BCUT2D eigenvalue weighted by Crippen LogP contribution is 2.34. The van der Waals surface area contributed by atoms with Gasteiger partial charge in [-0.15, -0.1) is 0 Å². The van der Waals surface area contributed by atoms with Crippen LogP contribution in [0.2, 0.25) is 5.02 Å². The van der Waals surface area contributed by atoms with Gasteiger partial charge in [0.05, 0.1) is 25.2 Å². The summed E-state index contributed by atoms with van der Waals surface area (Å²) in [4.78, 5) is 35.5. The second-order valence-electron chi connectivity index (χ2n) is 7.75. The van der Waals surface area contributed by atoms with Crippen LogP contribution in [0.5, 0.6) is 17.2 Å². The Morgan fingerprint density at radius 1 is 1.00 bits per heavy atom. The molecule has 0 aromatic heterocycles. The molecule has 2 amide bonds.